The molecular formula is C28H35N5O3. The highest BCUT2D eigenvalue weighted by Crippen LogP contribution is 2.27. The number of allylic oxidation sites excluding steroid dienone is 4. The van der Waals surface area contributed by atoms with Crippen molar-refractivity contribution in [2.24, 2.45) is 5.73 Å². The molecule has 2 amide bonds. The topological polar surface area (TPSA) is 85.0 Å². The van der Waals surface area contributed by atoms with Gasteiger partial charge < -0.3 is 24.7 Å². The minimum absolute atomic E-state index is 0.537. The molecule has 0 radical (unpaired) electrons. The smallest absolute Gasteiger partial charge is 0.317 e. The molecule has 2 aromatic rings. The number of nitrogens with two attached hydrogens (primary N) is 1. The molecule has 0 spiro atoms. The van der Waals surface area contributed by atoms with E-state index in [1.54, 1.807) is 12.5 Å². The second-order valence-corrected chi connectivity index (χ2v) is 9.51. The molecule has 0 saturated carbocycles. The number of rotatable bonds is 9. The maximum Gasteiger partial charge on any atom is 0.317 e. The SMILES string of the molecule is NC(=O)Nc1cc2ccccc2n1CCCCN1CCN(C2=COC=C(CC3=CC=CCC3)O2)CC1. The molecule has 3 aliphatic rings. The van der Waals surface area contributed by atoms with Crippen molar-refractivity contribution in [3.05, 3.63) is 78.3 Å². The largest absolute Gasteiger partial charge is 0.464 e. The molecule has 0 bridgehead atoms. The third kappa shape index (κ3) is 5.94. The van der Waals surface area contributed by atoms with Crippen LogP contribution < -0.4 is 11.1 Å². The van der Waals surface area contributed by atoms with Crippen LogP contribution in [0.3, 0.4) is 0 Å². The van der Waals surface area contributed by atoms with Crippen LogP contribution in [0.25, 0.3) is 10.9 Å². The van der Waals surface area contributed by atoms with Crippen LogP contribution in [0.15, 0.2) is 78.3 Å². The van der Waals surface area contributed by atoms with Crippen LogP contribution in [0.5, 0.6) is 0 Å². The third-order valence-corrected chi connectivity index (χ3v) is 6.96. The fourth-order valence-corrected chi connectivity index (χ4v) is 5.07. The van der Waals surface area contributed by atoms with E-state index in [4.69, 9.17) is 15.2 Å². The third-order valence-electron chi connectivity index (χ3n) is 6.96. The van der Waals surface area contributed by atoms with Gasteiger partial charge in [0.05, 0.1) is 0 Å². The number of ether oxygens (including phenoxy) is 2. The lowest BCUT2D eigenvalue weighted by atomic mass is 10.0. The number of carbonyl (C=O) groups is 1. The van der Waals surface area contributed by atoms with Crippen LogP contribution in [0, 0.1) is 0 Å². The number of carbonyl (C=O) groups excluding carboxylic acids is 1. The number of amides is 2. The second-order valence-electron chi connectivity index (χ2n) is 9.51. The fourth-order valence-electron chi connectivity index (χ4n) is 5.07. The number of nitrogens with one attached hydrogen (secondary N) is 1. The van der Waals surface area contributed by atoms with Gasteiger partial charge in [-0.15, -0.1) is 0 Å². The van der Waals surface area contributed by atoms with Crippen molar-refractivity contribution in [3.8, 4) is 0 Å². The maximum absolute atomic E-state index is 11.4. The first-order chi connectivity index (χ1) is 17.7. The van der Waals surface area contributed by atoms with Gasteiger partial charge in [-0.2, -0.15) is 0 Å². The molecule has 5 rings (SSSR count). The number of nitrogens with zero attached hydrogens (tertiary/aromatic N) is 3. The second kappa shape index (κ2) is 11.4. The Bertz CT molecular complexity index is 1200. The molecule has 1 aromatic carbocycles. The van der Waals surface area contributed by atoms with Crippen LogP contribution in [-0.4, -0.2) is 53.1 Å². The highest BCUT2D eigenvalue weighted by atomic mass is 16.6. The van der Waals surface area contributed by atoms with Crippen LogP contribution in [-0.2, 0) is 16.0 Å². The zero-order valence-electron chi connectivity index (χ0n) is 20.7. The Morgan fingerprint density at radius 3 is 2.69 bits per heavy atom. The number of aromatic nitrogens is 1. The summed E-state index contributed by atoms with van der Waals surface area (Å²) < 4.78 is 13.9. The van der Waals surface area contributed by atoms with E-state index < -0.39 is 6.03 Å². The Kier molecular flexibility index (Phi) is 7.61. The quantitative estimate of drug-likeness (QED) is 0.490. The van der Waals surface area contributed by atoms with Gasteiger partial charge >= 0.3 is 6.03 Å². The average Bonchev–Trinajstić information content (AvgIpc) is 3.24. The molecule has 0 atom stereocenters. The predicted octanol–water partition coefficient (Wildman–Crippen LogP) is 4.88. The van der Waals surface area contributed by atoms with Crippen LogP contribution in [0.4, 0.5) is 10.6 Å². The summed E-state index contributed by atoms with van der Waals surface area (Å²) in [6.45, 7) is 5.72. The zero-order chi connectivity index (χ0) is 24.7. The first-order valence-corrected chi connectivity index (χ1v) is 12.8. The van der Waals surface area contributed by atoms with Gasteiger partial charge in [-0.1, -0.05) is 42.0 Å². The Balaban J connectivity index is 1.06. The van der Waals surface area contributed by atoms with Crippen molar-refractivity contribution < 1.29 is 14.3 Å². The zero-order valence-corrected chi connectivity index (χ0v) is 20.7. The number of unbranched alkanes of at least 4 members (excludes halogenated alkanes) is 1. The summed E-state index contributed by atoms with van der Waals surface area (Å²) in [5.41, 5.74) is 7.87. The Hall–Kier alpha value is -3.65. The van der Waals surface area contributed by atoms with Gasteiger partial charge in [0.25, 0.3) is 0 Å². The van der Waals surface area contributed by atoms with Crippen LogP contribution >= 0.6 is 0 Å². The van der Waals surface area contributed by atoms with Gasteiger partial charge in [0.15, 0.2) is 6.26 Å². The molecule has 190 valence electrons. The van der Waals surface area contributed by atoms with E-state index >= 15 is 0 Å². The number of aryl methyl sites for hydroxylation is 1. The van der Waals surface area contributed by atoms with Crippen molar-refractivity contribution in [2.75, 3.05) is 38.0 Å². The molecule has 1 aliphatic carbocycles. The molecule has 1 saturated heterocycles. The van der Waals surface area contributed by atoms with E-state index in [-0.39, 0.29) is 0 Å². The summed E-state index contributed by atoms with van der Waals surface area (Å²) in [5, 5.41) is 3.87. The summed E-state index contributed by atoms with van der Waals surface area (Å²) >= 11 is 0. The number of anilines is 1. The van der Waals surface area contributed by atoms with Crippen molar-refractivity contribution in [1.82, 2.24) is 14.4 Å². The molecule has 3 N–H and O–H groups in total. The van der Waals surface area contributed by atoms with E-state index in [2.05, 4.69) is 50.0 Å². The molecule has 36 heavy (non-hydrogen) atoms. The maximum atomic E-state index is 11.4. The van der Waals surface area contributed by atoms with Gasteiger partial charge in [-0.3, -0.25) is 10.2 Å². The average molecular weight is 490 g/mol. The summed E-state index contributed by atoms with van der Waals surface area (Å²) in [4.78, 5) is 16.2. The van der Waals surface area contributed by atoms with Crippen LogP contribution in [0.1, 0.15) is 32.1 Å². The van der Waals surface area contributed by atoms with E-state index in [1.165, 1.54) is 5.57 Å². The Labute approximate surface area is 212 Å². The fraction of sp³-hybridized carbons (Fsp3) is 0.393. The highest BCUT2D eigenvalue weighted by Gasteiger charge is 2.23. The minimum atomic E-state index is -0.537. The van der Waals surface area contributed by atoms with E-state index in [0.29, 0.717) is 0 Å². The number of primary amides is 1. The van der Waals surface area contributed by atoms with E-state index in [0.717, 1.165) is 99.7 Å². The lowest BCUT2D eigenvalue weighted by Crippen LogP contribution is -2.46. The van der Waals surface area contributed by atoms with Crippen LogP contribution in [0.2, 0.25) is 0 Å². The molecule has 0 unspecified atom stereocenters. The molecule has 3 heterocycles. The van der Waals surface area contributed by atoms with Crippen molar-refractivity contribution in [2.45, 2.75) is 38.6 Å². The number of hydrogen-bond acceptors (Lipinski definition) is 5. The standard InChI is InChI=1S/C28H35N5O3/c29-28(34)30-26-19-23-10-4-5-11-25(23)33(26)13-7-6-12-31-14-16-32(17-15-31)27-21-35-20-24(36-27)18-22-8-2-1-3-9-22/h1-2,4-5,8,10-11,19-21H,3,6-7,9,12-18H2,(H3,29,30,34). The monoisotopic (exact) mass is 489 g/mol. The summed E-state index contributed by atoms with van der Waals surface area (Å²) in [6, 6.07) is 9.60. The molecule has 8 heteroatoms. The van der Waals surface area contributed by atoms with Crippen molar-refractivity contribution in [1.29, 1.82) is 0 Å². The number of benzene rings is 1. The summed E-state index contributed by atoms with van der Waals surface area (Å²) in [6.07, 6.45) is 15.0. The Morgan fingerprint density at radius 1 is 1.06 bits per heavy atom. The summed E-state index contributed by atoms with van der Waals surface area (Å²) in [7, 11) is 0. The first-order valence-electron chi connectivity index (χ1n) is 12.8. The van der Waals surface area contributed by atoms with Gasteiger partial charge in [-0.25, -0.2) is 4.79 Å². The first kappa shape index (κ1) is 24.1. The normalized spacial score (nSPS) is 18.2. The van der Waals surface area contributed by atoms with E-state index in [9.17, 15) is 4.79 Å². The number of para-hydroxylation sites is 1. The highest BCUT2D eigenvalue weighted by molar-refractivity contribution is 5.92. The lowest BCUT2D eigenvalue weighted by Gasteiger charge is -2.37. The van der Waals surface area contributed by atoms with Crippen molar-refractivity contribution in [3.63, 3.8) is 0 Å². The Morgan fingerprint density at radius 2 is 1.89 bits per heavy atom. The molecule has 1 fully saturated rings. The van der Waals surface area contributed by atoms with Gasteiger partial charge in [0.2, 0.25) is 5.88 Å². The summed E-state index contributed by atoms with van der Waals surface area (Å²) in [5.74, 6) is 2.44. The predicted molar refractivity (Wildman–Crippen MR) is 142 cm³/mol. The van der Waals surface area contributed by atoms with Gasteiger partial charge in [0.1, 0.15) is 17.8 Å². The van der Waals surface area contributed by atoms with Gasteiger partial charge in [0, 0.05) is 50.0 Å². The number of urea groups is 1. The molecule has 1 aromatic heterocycles. The van der Waals surface area contributed by atoms with Crippen molar-refractivity contribution >= 4 is 22.8 Å². The van der Waals surface area contributed by atoms with E-state index in [1.807, 2.05) is 18.2 Å². The molecule has 2 aliphatic heterocycles. The minimum Gasteiger partial charge on any atom is -0.464 e. The number of fused-ring (bicyclic) bond motifs is 1. The molecule has 8 nitrogen and oxygen atoms in total. The lowest BCUT2D eigenvalue weighted by molar-refractivity contribution is 0.0746. The molecular weight excluding hydrogens is 454 g/mol. The number of piperazine rings is 1. The van der Waals surface area contributed by atoms with Gasteiger partial charge in [-0.05, 0) is 44.4 Å². The number of hydrogen-bond donors (Lipinski definition) is 2.